The van der Waals surface area contributed by atoms with E-state index in [-0.39, 0.29) is 11.3 Å². The zero-order valence-electron chi connectivity index (χ0n) is 19.2. The maximum absolute atomic E-state index is 14.6. The van der Waals surface area contributed by atoms with E-state index in [2.05, 4.69) is 15.2 Å². The van der Waals surface area contributed by atoms with Crippen molar-refractivity contribution in [3.63, 3.8) is 0 Å². The van der Waals surface area contributed by atoms with Crippen LogP contribution in [0, 0.1) is 18.6 Å². The summed E-state index contributed by atoms with van der Waals surface area (Å²) in [4.78, 5) is 12.6. The molecule has 3 rings (SSSR count). The van der Waals surface area contributed by atoms with Gasteiger partial charge in [-0.15, -0.1) is 0 Å². The van der Waals surface area contributed by atoms with Gasteiger partial charge in [-0.25, -0.2) is 13.6 Å². The lowest BCUT2D eigenvalue weighted by Gasteiger charge is -2.36. The largest absolute Gasteiger partial charge is 0.461 e. The number of nitrogens with zero attached hydrogens (tertiary/aromatic N) is 1. The van der Waals surface area contributed by atoms with Crippen molar-refractivity contribution in [1.82, 2.24) is 15.8 Å². The molecule has 1 heterocycles. The summed E-state index contributed by atoms with van der Waals surface area (Å²) >= 11 is 0. The van der Waals surface area contributed by atoms with Crippen molar-refractivity contribution >= 4 is 6.03 Å². The van der Waals surface area contributed by atoms with Gasteiger partial charge in [0.15, 0.2) is 0 Å². The third-order valence-electron chi connectivity index (χ3n) is 5.10. The Labute approximate surface area is 208 Å². The number of carbonyl (C=O) groups excluding carboxylic acids is 1. The quantitative estimate of drug-likeness (QED) is 0.325. The molecule has 2 aromatic carbocycles. The highest BCUT2D eigenvalue weighted by Gasteiger charge is 2.45. The van der Waals surface area contributed by atoms with E-state index >= 15 is 0 Å². The zero-order valence-corrected chi connectivity index (χ0v) is 19.2. The van der Waals surface area contributed by atoms with Gasteiger partial charge in [-0.3, -0.25) is 0 Å². The Morgan fingerprint density at radius 2 is 1.63 bits per heavy atom. The number of hydrogen-bond donors (Lipinski definition) is 2. The summed E-state index contributed by atoms with van der Waals surface area (Å²) in [5.74, 6) is -3.17. The lowest BCUT2D eigenvalue weighted by molar-refractivity contribution is -0.253. The third-order valence-corrected chi connectivity index (χ3v) is 5.10. The number of nitrogens with one attached hydrogen (secondary N) is 2. The second-order valence-corrected chi connectivity index (χ2v) is 8.09. The van der Waals surface area contributed by atoms with E-state index in [1.54, 1.807) is 5.32 Å². The third kappa shape index (κ3) is 7.10. The van der Waals surface area contributed by atoms with Crippen LogP contribution in [0.5, 0.6) is 5.75 Å². The molecule has 2 amide bonds. The van der Waals surface area contributed by atoms with E-state index in [0.717, 1.165) is 24.3 Å². The second kappa shape index (κ2) is 10.8. The molecule has 206 valence electrons. The topological polar surface area (TPSA) is 76.4 Å². The maximum atomic E-state index is 14.6. The molecule has 1 unspecified atom stereocenters. The van der Waals surface area contributed by atoms with Gasteiger partial charge in [-0.1, -0.05) is 17.3 Å². The summed E-state index contributed by atoms with van der Waals surface area (Å²) in [6.07, 6.45) is -14.7. The van der Waals surface area contributed by atoms with Crippen molar-refractivity contribution in [1.29, 1.82) is 0 Å². The van der Waals surface area contributed by atoms with E-state index in [0.29, 0.717) is 23.9 Å². The molecule has 0 spiro atoms. The van der Waals surface area contributed by atoms with Crippen LogP contribution in [0.3, 0.4) is 0 Å². The predicted octanol–water partition coefficient (Wildman–Crippen LogP) is 5.85. The first-order valence-electron chi connectivity index (χ1n) is 10.6. The number of ether oxygens (including phenoxy) is 1. The molecule has 0 radical (unpaired) electrons. The van der Waals surface area contributed by atoms with E-state index in [4.69, 9.17) is 4.52 Å². The molecule has 38 heavy (non-hydrogen) atoms. The number of urea groups is 1. The Hall–Kier alpha value is -3.91. The predicted molar refractivity (Wildman–Crippen MR) is 113 cm³/mol. The summed E-state index contributed by atoms with van der Waals surface area (Å²) in [5.41, 5.74) is -2.34. The molecular weight excluding hydrogens is 537 g/mol. The number of carbonyl (C=O) groups is 1. The number of halogens is 9. The van der Waals surface area contributed by atoms with E-state index in [1.165, 1.54) is 13.0 Å². The van der Waals surface area contributed by atoms with Crippen LogP contribution in [-0.2, 0) is 12.0 Å². The average Bonchev–Trinajstić information content (AvgIpc) is 3.20. The minimum absolute atomic E-state index is 0.0208. The van der Waals surface area contributed by atoms with E-state index < -0.39 is 66.2 Å². The molecule has 0 bridgehead atoms. The van der Waals surface area contributed by atoms with Crippen molar-refractivity contribution in [2.45, 2.75) is 37.6 Å². The molecule has 3 aromatic rings. The smallest absolute Gasteiger partial charge is 0.428 e. The fourth-order valence-corrected chi connectivity index (χ4v) is 3.54. The number of alkyl halides is 7. The van der Waals surface area contributed by atoms with Crippen LogP contribution >= 0.6 is 0 Å². The minimum atomic E-state index is -5.04. The average molecular weight is 555 g/mol. The first-order valence-corrected chi connectivity index (χ1v) is 10.6. The Morgan fingerprint density at radius 3 is 2.18 bits per heavy atom. The molecule has 6 nitrogen and oxygen atoms in total. The molecule has 0 aliphatic carbocycles. The van der Waals surface area contributed by atoms with Gasteiger partial charge in [0.25, 0.3) is 0 Å². The van der Waals surface area contributed by atoms with Crippen molar-refractivity contribution in [3.05, 3.63) is 82.7 Å². The van der Waals surface area contributed by atoms with Crippen LogP contribution in [0.1, 0.15) is 22.6 Å². The van der Waals surface area contributed by atoms with Gasteiger partial charge >= 0.3 is 24.7 Å². The van der Waals surface area contributed by atoms with Crippen LogP contribution in [-0.4, -0.2) is 36.4 Å². The van der Waals surface area contributed by atoms with Gasteiger partial charge in [-0.2, -0.15) is 30.7 Å². The van der Waals surface area contributed by atoms with Crippen LogP contribution < -0.4 is 15.4 Å². The molecule has 1 atom stereocenters. The highest BCUT2D eigenvalue weighted by atomic mass is 19.4. The monoisotopic (exact) mass is 555 g/mol. The molecule has 0 aliphatic rings. The SMILES string of the molecule is Cc1cc(CC(NC(=O)NCC(F)(F)F)(c2ccc(F)cc2)c2cc(F)cc(OC(F)(F)C(F)F)c2)on1. The van der Waals surface area contributed by atoms with Gasteiger partial charge in [0.05, 0.1) is 11.2 Å². The standard InChI is InChI=1S/C23H18F9N3O3/c1-12-6-18(38-35-12)10-21(13-2-4-15(24)5-3-13,34-20(36)33-11-22(28,29)30)14-7-16(25)9-17(8-14)37-23(31,32)19(26)27/h2-9,19H,10-11H2,1H3,(H2,33,34,36). The summed E-state index contributed by atoms with van der Waals surface area (Å²) in [6.45, 7) is -0.269. The van der Waals surface area contributed by atoms with Crippen LogP contribution in [0.4, 0.5) is 44.3 Å². The van der Waals surface area contributed by atoms with E-state index in [1.807, 2.05) is 0 Å². The number of aromatic nitrogens is 1. The summed E-state index contributed by atoms with van der Waals surface area (Å²) in [7, 11) is 0. The van der Waals surface area contributed by atoms with Crippen LogP contribution in [0.15, 0.2) is 53.1 Å². The van der Waals surface area contributed by atoms with Gasteiger partial charge in [0, 0.05) is 18.6 Å². The Bertz CT molecular complexity index is 1260. The molecule has 15 heteroatoms. The Balaban J connectivity index is 2.21. The second-order valence-electron chi connectivity index (χ2n) is 8.09. The highest BCUT2D eigenvalue weighted by molar-refractivity contribution is 5.76. The van der Waals surface area contributed by atoms with E-state index in [9.17, 15) is 44.3 Å². The molecule has 1 aromatic heterocycles. The van der Waals surface area contributed by atoms with Gasteiger partial charge in [0.2, 0.25) is 0 Å². The molecule has 0 saturated carbocycles. The number of aryl methyl sites for hydroxylation is 1. The summed E-state index contributed by atoms with van der Waals surface area (Å²) < 4.78 is 128. The first kappa shape index (κ1) is 28.7. The molecule has 2 N–H and O–H groups in total. The first-order chi connectivity index (χ1) is 17.6. The summed E-state index contributed by atoms with van der Waals surface area (Å²) in [6, 6.07) is 5.63. The fraction of sp³-hybridized carbons (Fsp3) is 0.304. The van der Waals surface area contributed by atoms with Crippen molar-refractivity contribution in [2.75, 3.05) is 6.54 Å². The molecule has 0 aliphatic heterocycles. The zero-order chi connectivity index (χ0) is 28.3. The molecule has 0 saturated heterocycles. The maximum Gasteiger partial charge on any atom is 0.461 e. The Kier molecular flexibility index (Phi) is 8.17. The lowest BCUT2D eigenvalue weighted by atomic mass is 9.79. The number of benzene rings is 2. The van der Waals surface area contributed by atoms with Crippen LogP contribution in [0.2, 0.25) is 0 Å². The number of rotatable bonds is 9. The minimum Gasteiger partial charge on any atom is -0.428 e. The molecule has 0 fully saturated rings. The highest BCUT2D eigenvalue weighted by Crippen LogP contribution is 2.38. The van der Waals surface area contributed by atoms with Gasteiger partial charge in [0.1, 0.15) is 29.7 Å². The van der Waals surface area contributed by atoms with Crippen molar-refractivity contribution < 1.29 is 53.6 Å². The molecular formula is C23H18F9N3O3. The summed E-state index contributed by atoms with van der Waals surface area (Å²) in [5, 5.41) is 7.46. The number of amides is 2. The van der Waals surface area contributed by atoms with Crippen molar-refractivity contribution in [2.24, 2.45) is 0 Å². The van der Waals surface area contributed by atoms with Crippen LogP contribution in [0.25, 0.3) is 0 Å². The van der Waals surface area contributed by atoms with Crippen molar-refractivity contribution in [3.8, 4) is 5.75 Å². The lowest BCUT2D eigenvalue weighted by Crippen LogP contribution is -2.53. The fourth-order valence-electron chi connectivity index (χ4n) is 3.54. The van der Waals surface area contributed by atoms with Gasteiger partial charge in [-0.05, 0) is 42.3 Å². The number of hydrogen-bond acceptors (Lipinski definition) is 4. The Morgan fingerprint density at radius 1 is 0.974 bits per heavy atom. The van der Waals surface area contributed by atoms with Gasteiger partial charge < -0.3 is 19.9 Å². The normalized spacial score (nSPS) is 13.8.